The molecular weight excluding hydrogens is 601 g/mol. The Kier molecular flexibility index (Phi) is 6.75. The number of anilines is 1. The average Bonchev–Trinajstić information content (AvgIpc) is 3.65. The van der Waals surface area contributed by atoms with Crippen molar-refractivity contribution in [2.45, 2.75) is 51.1 Å². The Balaban J connectivity index is 1.54. The Bertz CT molecular complexity index is 1770. The predicted octanol–water partition coefficient (Wildman–Crippen LogP) is 5.23. The summed E-state index contributed by atoms with van der Waals surface area (Å²) in [7, 11) is 0. The molecule has 3 aromatic heterocycles. The predicted molar refractivity (Wildman–Crippen MR) is 142 cm³/mol. The Morgan fingerprint density at radius 3 is 2.53 bits per heavy atom. The highest BCUT2D eigenvalue weighted by atomic mass is 35.5. The van der Waals surface area contributed by atoms with Crippen LogP contribution in [0.4, 0.5) is 27.6 Å². The molecule has 43 heavy (non-hydrogen) atoms. The summed E-state index contributed by atoms with van der Waals surface area (Å²) in [6.07, 6.45) is -3.36. The summed E-state index contributed by atoms with van der Waals surface area (Å²) in [6, 6.07) is 1.84. The molecule has 1 fully saturated rings. The number of benzene rings is 1. The normalized spacial score (nSPS) is 17.1. The van der Waals surface area contributed by atoms with Crippen molar-refractivity contribution in [1.82, 2.24) is 24.7 Å². The highest BCUT2D eigenvalue weighted by Crippen LogP contribution is 2.45. The van der Waals surface area contributed by atoms with E-state index in [-0.39, 0.29) is 62.3 Å². The van der Waals surface area contributed by atoms with Crippen LogP contribution in [0.5, 0.6) is 5.75 Å². The third-order valence-corrected chi connectivity index (χ3v) is 7.52. The highest BCUT2D eigenvalue weighted by molar-refractivity contribution is 6.30. The number of alkyl halides is 5. The second-order valence-corrected chi connectivity index (χ2v) is 10.8. The minimum absolute atomic E-state index is 0.0215. The number of carbonyl (C=O) groups excluding carboxylic acids is 2. The lowest BCUT2D eigenvalue weighted by atomic mass is 9.93. The second kappa shape index (κ2) is 10.1. The van der Waals surface area contributed by atoms with E-state index in [0.717, 1.165) is 36.9 Å². The lowest BCUT2D eigenvalue weighted by Gasteiger charge is -2.33. The molecular formula is C27H21ClF5N7O3. The molecule has 4 heterocycles. The number of nitrogens with zero attached hydrogens (tertiary/aromatic N) is 6. The van der Waals surface area contributed by atoms with Crippen molar-refractivity contribution in [2.75, 3.05) is 4.90 Å². The van der Waals surface area contributed by atoms with E-state index in [9.17, 15) is 31.5 Å². The summed E-state index contributed by atoms with van der Waals surface area (Å²) < 4.78 is 76.3. The third-order valence-electron chi connectivity index (χ3n) is 7.33. The van der Waals surface area contributed by atoms with Crippen molar-refractivity contribution in [3.05, 3.63) is 58.9 Å². The molecule has 10 nitrogen and oxygen atoms in total. The maximum Gasteiger partial charge on any atom is 0.482 e. The van der Waals surface area contributed by atoms with E-state index in [0.29, 0.717) is 4.68 Å². The van der Waals surface area contributed by atoms with E-state index in [4.69, 9.17) is 22.1 Å². The summed E-state index contributed by atoms with van der Waals surface area (Å²) in [6.45, 7) is 0.474. The number of hydrogen-bond donors (Lipinski definition) is 1. The fourth-order valence-electron chi connectivity index (χ4n) is 4.98. The Hall–Kier alpha value is -4.40. The van der Waals surface area contributed by atoms with Gasteiger partial charge >= 0.3 is 18.2 Å². The number of fused-ring (bicyclic) bond motifs is 2. The van der Waals surface area contributed by atoms with Crippen LogP contribution in [0.2, 0.25) is 5.02 Å². The van der Waals surface area contributed by atoms with Crippen LogP contribution in [0.15, 0.2) is 36.8 Å². The second-order valence-electron chi connectivity index (χ2n) is 10.4. The molecule has 1 aliphatic carbocycles. The van der Waals surface area contributed by atoms with Crippen LogP contribution in [0, 0.1) is 5.92 Å². The van der Waals surface area contributed by atoms with Crippen molar-refractivity contribution in [2.24, 2.45) is 11.7 Å². The topological polar surface area (TPSA) is 129 Å². The maximum absolute atomic E-state index is 14.8. The molecule has 2 amide bonds. The number of halogens is 6. The van der Waals surface area contributed by atoms with Crippen LogP contribution < -0.4 is 15.4 Å². The van der Waals surface area contributed by atoms with E-state index < -0.39 is 42.4 Å². The first-order valence-corrected chi connectivity index (χ1v) is 13.4. The number of carbonyl (C=O) groups is 2. The van der Waals surface area contributed by atoms with Crippen LogP contribution in [0.25, 0.3) is 22.2 Å². The zero-order valence-corrected chi connectivity index (χ0v) is 23.0. The van der Waals surface area contributed by atoms with Crippen molar-refractivity contribution in [1.29, 1.82) is 0 Å². The first kappa shape index (κ1) is 28.7. The van der Waals surface area contributed by atoms with Gasteiger partial charge < -0.3 is 10.5 Å². The number of aromatic nitrogens is 5. The molecule has 224 valence electrons. The largest absolute Gasteiger partial charge is 0.482 e. The molecule has 0 unspecified atom stereocenters. The average molecular weight is 622 g/mol. The van der Waals surface area contributed by atoms with Gasteiger partial charge in [0.25, 0.3) is 5.91 Å². The smallest absolute Gasteiger partial charge is 0.423 e. The van der Waals surface area contributed by atoms with E-state index in [1.54, 1.807) is 0 Å². The van der Waals surface area contributed by atoms with Gasteiger partial charge in [-0.05, 0) is 49.8 Å². The van der Waals surface area contributed by atoms with Gasteiger partial charge in [0, 0.05) is 23.3 Å². The Labute approximate surface area is 244 Å². The van der Waals surface area contributed by atoms with Gasteiger partial charge in [-0.2, -0.15) is 27.1 Å². The summed E-state index contributed by atoms with van der Waals surface area (Å²) in [5, 5.41) is 4.18. The molecule has 6 rings (SSSR count). The molecule has 2 N–H and O–H groups in total. The van der Waals surface area contributed by atoms with Crippen LogP contribution >= 0.6 is 11.6 Å². The molecule has 1 aliphatic heterocycles. The SMILES string of the molecule is C[C@H](n1ncc2c(-c3ccc4c(c3)OC(F)(F)C(=O)N4Cc3ncc(Cl)cn3)c(C(N)=O)c(CC3CC3)nc21)C(F)(F)F. The standard InChI is InChI=1S/C27H21ClF5N7O3/c1-12(26(29,30)31)40-24-16(10-37-40)21(22(23(34)41)17(38-24)6-13-2-3-13)14-4-5-18-19(7-14)43-27(32,33)25(42)39(18)11-20-35-8-15(28)9-36-20/h4-5,7-10,12-13H,2-3,6,11H2,1H3,(H2,34,41)/t12-/m0/s1. The van der Waals surface area contributed by atoms with Crippen molar-refractivity contribution < 1.29 is 36.3 Å². The van der Waals surface area contributed by atoms with Gasteiger partial charge in [-0.1, -0.05) is 17.7 Å². The lowest BCUT2D eigenvalue weighted by Crippen LogP contribution is -2.50. The number of nitrogens with two attached hydrogens (primary N) is 1. The molecule has 4 aromatic rings. The number of primary amides is 1. The lowest BCUT2D eigenvalue weighted by molar-refractivity contribution is -0.193. The minimum Gasteiger partial charge on any atom is -0.423 e. The minimum atomic E-state index is -4.66. The first-order chi connectivity index (χ1) is 20.2. The van der Waals surface area contributed by atoms with Gasteiger partial charge in [-0.15, -0.1) is 0 Å². The van der Waals surface area contributed by atoms with Crippen molar-refractivity contribution in [3.8, 4) is 16.9 Å². The molecule has 0 radical (unpaired) electrons. The highest BCUT2D eigenvalue weighted by Gasteiger charge is 2.51. The van der Waals surface area contributed by atoms with Gasteiger partial charge in [-0.3, -0.25) is 14.5 Å². The van der Waals surface area contributed by atoms with Crippen LogP contribution in [0.1, 0.15) is 47.7 Å². The fourth-order valence-corrected chi connectivity index (χ4v) is 5.08. The van der Waals surface area contributed by atoms with E-state index >= 15 is 0 Å². The number of rotatable bonds is 7. The third kappa shape index (κ3) is 5.21. The van der Waals surface area contributed by atoms with Gasteiger partial charge in [-0.25, -0.2) is 19.6 Å². The quantitative estimate of drug-likeness (QED) is 0.280. The fraction of sp³-hybridized carbons (Fsp3) is 0.333. The van der Waals surface area contributed by atoms with Gasteiger partial charge in [0.15, 0.2) is 11.4 Å². The van der Waals surface area contributed by atoms with Crippen LogP contribution in [0.3, 0.4) is 0 Å². The molecule has 1 atom stereocenters. The summed E-state index contributed by atoms with van der Waals surface area (Å²) >= 11 is 5.80. The Morgan fingerprint density at radius 1 is 1.21 bits per heavy atom. The van der Waals surface area contributed by atoms with E-state index in [2.05, 4.69) is 20.1 Å². The number of pyridine rings is 1. The van der Waals surface area contributed by atoms with Gasteiger partial charge in [0.05, 0.1) is 34.7 Å². The summed E-state index contributed by atoms with van der Waals surface area (Å²) in [5.74, 6) is -2.82. The molecule has 16 heteroatoms. The Morgan fingerprint density at radius 2 is 1.91 bits per heavy atom. The van der Waals surface area contributed by atoms with Crippen molar-refractivity contribution in [3.63, 3.8) is 0 Å². The molecule has 0 spiro atoms. The van der Waals surface area contributed by atoms with Gasteiger partial charge in [0.1, 0.15) is 11.9 Å². The number of amides is 2. The zero-order valence-electron chi connectivity index (χ0n) is 22.2. The summed E-state index contributed by atoms with van der Waals surface area (Å²) in [4.78, 5) is 38.5. The monoisotopic (exact) mass is 621 g/mol. The van der Waals surface area contributed by atoms with Crippen molar-refractivity contribution >= 4 is 40.1 Å². The number of hydrogen-bond acceptors (Lipinski definition) is 7. The molecule has 2 aliphatic rings. The van der Waals surface area contributed by atoms with E-state index in [1.807, 2.05) is 0 Å². The molecule has 0 bridgehead atoms. The van der Waals surface area contributed by atoms with Gasteiger partial charge in [0.2, 0.25) is 0 Å². The van der Waals surface area contributed by atoms with E-state index in [1.165, 1.54) is 24.5 Å². The molecule has 0 saturated heterocycles. The van der Waals surface area contributed by atoms with Crippen LogP contribution in [-0.4, -0.2) is 48.8 Å². The zero-order chi connectivity index (χ0) is 30.8. The molecule has 1 saturated carbocycles. The van der Waals surface area contributed by atoms with Crippen LogP contribution in [-0.2, 0) is 17.8 Å². The maximum atomic E-state index is 14.8. The summed E-state index contributed by atoms with van der Waals surface area (Å²) in [5.41, 5.74) is 5.86. The number of ether oxygens (including phenoxy) is 1. The molecule has 1 aromatic carbocycles. The first-order valence-electron chi connectivity index (χ1n) is 13.0.